The van der Waals surface area contributed by atoms with Crippen LogP contribution in [0.2, 0.25) is 5.15 Å². The van der Waals surface area contributed by atoms with Gasteiger partial charge in [-0.1, -0.05) is 11.6 Å². The molecule has 0 radical (unpaired) electrons. The number of halogens is 1. The summed E-state index contributed by atoms with van der Waals surface area (Å²) in [6, 6.07) is -0.595. The average molecular weight is 384 g/mol. The highest BCUT2D eigenvalue weighted by molar-refractivity contribution is 6.30. The fraction of sp³-hybridized carbons (Fsp3) is 0.647. The number of carbonyl (C=O) groups excluding carboxylic acids is 2. The Morgan fingerprint density at radius 3 is 2.62 bits per heavy atom. The lowest BCUT2D eigenvalue weighted by Gasteiger charge is -2.33. The van der Waals surface area contributed by atoms with E-state index < -0.39 is 12.1 Å². The minimum Gasteiger partial charge on any atom is -0.453 e. The van der Waals surface area contributed by atoms with Crippen LogP contribution in [0.1, 0.15) is 37.6 Å². The molecule has 1 fully saturated rings. The molecule has 1 atom stereocenters. The number of rotatable bonds is 5. The van der Waals surface area contributed by atoms with Gasteiger partial charge in [0.05, 0.1) is 7.11 Å². The van der Waals surface area contributed by atoms with Crippen LogP contribution in [0.3, 0.4) is 0 Å². The van der Waals surface area contributed by atoms with E-state index in [2.05, 4.69) is 20.0 Å². The first-order valence-corrected chi connectivity index (χ1v) is 9.11. The molecule has 0 spiro atoms. The number of alkyl carbamates (subject to hydrolysis) is 1. The van der Waals surface area contributed by atoms with Crippen molar-refractivity contribution < 1.29 is 14.3 Å². The smallest absolute Gasteiger partial charge is 0.407 e. The van der Waals surface area contributed by atoms with Crippen LogP contribution in [0.5, 0.6) is 0 Å². The van der Waals surface area contributed by atoms with Gasteiger partial charge in [-0.2, -0.15) is 0 Å². The molecule has 1 aromatic heterocycles. The highest BCUT2D eigenvalue weighted by Gasteiger charge is 2.27. The molecule has 26 heavy (non-hydrogen) atoms. The number of nitrogens with zero attached hydrogens (tertiary/aromatic N) is 3. The summed E-state index contributed by atoms with van der Waals surface area (Å²) in [6.45, 7) is 4.76. The van der Waals surface area contributed by atoms with E-state index in [0.717, 1.165) is 31.2 Å². The number of piperidine rings is 1. The van der Waals surface area contributed by atoms with Crippen molar-refractivity contribution in [3.8, 4) is 0 Å². The largest absolute Gasteiger partial charge is 0.453 e. The second kappa shape index (κ2) is 9.02. The van der Waals surface area contributed by atoms with E-state index in [1.54, 1.807) is 18.7 Å². The first kappa shape index (κ1) is 20.2. The highest BCUT2D eigenvalue weighted by Crippen LogP contribution is 2.26. The van der Waals surface area contributed by atoms with E-state index in [1.807, 2.05) is 0 Å². The Morgan fingerprint density at radius 1 is 1.38 bits per heavy atom. The zero-order valence-corrected chi connectivity index (χ0v) is 16.2. The number of hydrogen-bond acceptors (Lipinski definition) is 6. The number of likely N-dealkylation sites (tertiary alicyclic amines) is 1. The zero-order chi connectivity index (χ0) is 19.3. The van der Waals surface area contributed by atoms with Crippen LogP contribution < -0.4 is 11.1 Å². The molecule has 0 bridgehead atoms. The number of nitrogen functional groups attached to an aromatic ring is 1. The Morgan fingerprint density at radius 2 is 2.04 bits per heavy atom. The van der Waals surface area contributed by atoms with E-state index in [0.29, 0.717) is 35.8 Å². The summed E-state index contributed by atoms with van der Waals surface area (Å²) in [5.74, 6) is 1.41. The Labute approximate surface area is 158 Å². The molecule has 1 aliphatic heterocycles. The number of aryl methyl sites for hydroxylation is 1. The van der Waals surface area contributed by atoms with Crippen LogP contribution >= 0.6 is 11.6 Å². The first-order chi connectivity index (χ1) is 12.3. The molecular weight excluding hydrogens is 358 g/mol. The maximum Gasteiger partial charge on any atom is 0.407 e. The molecule has 0 unspecified atom stereocenters. The quantitative estimate of drug-likeness (QED) is 0.751. The van der Waals surface area contributed by atoms with Gasteiger partial charge in [-0.05, 0) is 45.4 Å². The number of methoxy groups -OCH3 is 1. The standard InChI is InChI=1S/C17H26ClN5O3/c1-10(20-17(25)26-3)16(24)23-8-6-12(7-9-23)4-5-13-14(18)21-11(2)22-15(13)19/h10,12H,4-9H2,1-3H3,(H,20,25)(H2,19,21,22)/t10-/m0/s1. The lowest BCUT2D eigenvalue weighted by atomic mass is 9.90. The molecule has 0 aromatic carbocycles. The molecule has 1 aliphatic rings. The van der Waals surface area contributed by atoms with Gasteiger partial charge in [0.15, 0.2) is 0 Å². The van der Waals surface area contributed by atoms with Crippen molar-refractivity contribution >= 4 is 29.4 Å². The summed E-state index contributed by atoms with van der Waals surface area (Å²) in [5, 5.41) is 2.93. The van der Waals surface area contributed by atoms with Gasteiger partial charge in [0, 0.05) is 18.7 Å². The Bertz CT molecular complexity index is 639. The van der Waals surface area contributed by atoms with E-state index >= 15 is 0 Å². The first-order valence-electron chi connectivity index (χ1n) is 8.73. The van der Waals surface area contributed by atoms with Gasteiger partial charge in [0.2, 0.25) is 5.91 Å². The number of hydrogen-bond donors (Lipinski definition) is 2. The molecule has 8 nitrogen and oxygen atoms in total. The summed E-state index contributed by atoms with van der Waals surface area (Å²) >= 11 is 6.18. The summed E-state index contributed by atoms with van der Waals surface area (Å²) in [6.07, 6.45) is 2.86. The predicted octanol–water partition coefficient (Wildman–Crippen LogP) is 1.94. The van der Waals surface area contributed by atoms with Crippen molar-refractivity contribution in [2.75, 3.05) is 25.9 Å². The van der Waals surface area contributed by atoms with Gasteiger partial charge in [-0.25, -0.2) is 14.8 Å². The summed E-state index contributed by atoms with van der Waals surface area (Å²) in [5.41, 5.74) is 6.75. The number of nitrogens with one attached hydrogen (secondary N) is 1. The molecule has 1 aromatic rings. The molecule has 3 N–H and O–H groups in total. The van der Waals surface area contributed by atoms with Gasteiger partial charge in [-0.15, -0.1) is 0 Å². The average Bonchev–Trinajstić information content (AvgIpc) is 2.60. The number of amides is 2. The predicted molar refractivity (Wildman–Crippen MR) is 98.8 cm³/mol. The number of anilines is 1. The third-order valence-electron chi connectivity index (χ3n) is 4.72. The minimum absolute atomic E-state index is 0.0897. The summed E-state index contributed by atoms with van der Waals surface area (Å²) in [7, 11) is 1.27. The molecule has 9 heteroatoms. The van der Waals surface area contributed by atoms with Crippen LogP contribution in [0.25, 0.3) is 0 Å². The number of aromatic nitrogens is 2. The normalized spacial score (nSPS) is 16.2. The van der Waals surface area contributed by atoms with Crippen molar-refractivity contribution in [1.82, 2.24) is 20.2 Å². The van der Waals surface area contributed by atoms with Crippen molar-refractivity contribution in [2.24, 2.45) is 5.92 Å². The van der Waals surface area contributed by atoms with E-state index in [9.17, 15) is 9.59 Å². The van der Waals surface area contributed by atoms with Crippen LogP contribution in [0, 0.1) is 12.8 Å². The molecule has 2 rings (SSSR count). The fourth-order valence-corrected chi connectivity index (χ4v) is 3.49. The van der Waals surface area contributed by atoms with Gasteiger partial charge in [0.1, 0.15) is 22.8 Å². The van der Waals surface area contributed by atoms with Crippen LogP contribution in [0.15, 0.2) is 0 Å². The van der Waals surface area contributed by atoms with Gasteiger partial charge in [-0.3, -0.25) is 4.79 Å². The third-order valence-corrected chi connectivity index (χ3v) is 5.03. The van der Waals surface area contributed by atoms with Crippen molar-refractivity contribution in [3.63, 3.8) is 0 Å². The molecular formula is C17H26ClN5O3. The molecule has 1 saturated heterocycles. The van der Waals surface area contributed by atoms with Crippen LogP contribution in [0.4, 0.5) is 10.6 Å². The number of ether oxygens (including phenoxy) is 1. The Kier molecular flexibility index (Phi) is 7.02. The number of nitrogens with two attached hydrogens (primary N) is 1. The monoisotopic (exact) mass is 383 g/mol. The fourth-order valence-electron chi connectivity index (χ4n) is 3.18. The molecule has 2 amide bonds. The van der Waals surface area contributed by atoms with Crippen molar-refractivity contribution in [3.05, 3.63) is 16.5 Å². The van der Waals surface area contributed by atoms with Crippen molar-refractivity contribution in [1.29, 1.82) is 0 Å². The Balaban J connectivity index is 1.82. The van der Waals surface area contributed by atoms with Crippen molar-refractivity contribution in [2.45, 2.75) is 45.6 Å². The molecule has 0 saturated carbocycles. The number of carbonyl (C=O) groups is 2. The summed E-state index contributed by atoms with van der Waals surface area (Å²) < 4.78 is 4.52. The lowest BCUT2D eigenvalue weighted by Crippen LogP contribution is -2.49. The van der Waals surface area contributed by atoms with Gasteiger partial charge >= 0.3 is 6.09 Å². The van der Waals surface area contributed by atoms with Gasteiger partial charge < -0.3 is 20.7 Å². The molecule has 2 heterocycles. The lowest BCUT2D eigenvalue weighted by molar-refractivity contribution is -0.134. The maximum atomic E-state index is 12.4. The second-order valence-corrected chi connectivity index (χ2v) is 6.95. The van der Waals surface area contributed by atoms with Gasteiger partial charge in [0.25, 0.3) is 0 Å². The third kappa shape index (κ3) is 5.20. The topological polar surface area (TPSA) is 110 Å². The van der Waals surface area contributed by atoms with Crippen LogP contribution in [-0.4, -0.2) is 53.1 Å². The highest BCUT2D eigenvalue weighted by atomic mass is 35.5. The van der Waals surface area contributed by atoms with E-state index in [1.165, 1.54) is 7.11 Å². The molecule has 0 aliphatic carbocycles. The minimum atomic E-state index is -0.601. The van der Waals surface area contributed by atoms with E-state index in [4.69, 9.17) is 17.3 Å². The Hall–Kier alpha value is -2.09. The second-order valence-electron chi connectivity index (χ2n) is 6.59. The molecule has 144 valence electrons. The summed E-state index contributed by atoms with van der Waals surface area (Å²) in [4.78, 5) is 33.7. The maximum absolute atomic E-state index is 12.4. The van der Waals surface area contributed by atoms with Crippen LogP contribution in [-0.2, 0) is 16.0 Å². The zero-order valence-electron chi connectivity index (χ0n) is 15.4. The SMILES string of the molecule is COC(=O)N[C@@H](C)C(=O)N1CCC(CCc2c(N)nc(C)nc2Cl)CC1. The van der Waals surface area contributed by atoms with E-state index in [-0.39, 0.29) is 5.91 Å².